The van der Waals surface area contributed by atoms with E-state index in [0.29, 0.717) is 17.3 Å². The molecule has 2 aromatic carbocycles. The van der Waals surface area contributed by atoms with Crippen LogP contribution >= 0.6 is 11.6 Å². The van der Waals surface area contributed by atoms with Gasteiger partial charge in [0.25, 0.3) is 5.91 Å². The fraction of sp³-hybridized carbons (Fsp3) is 0.348. The fourth-order valence-corrected chi connectivity index (χ4v) is 4.63. The lowest BCUT2D eigenvalue weighted by Gasteiger charge is -2.14. The van der Waals surface area contributed by atoms with Crippen molar-refractivity contribution in [1.82, 2.24) is 5.32 Å². The molecule has 0 heterocycles. The van der Waals surface area contributed by atoms with Gasteiger partial charge in [0, 0.05) is 29.2 Å². The van der Waals surface area contributed by atoms with Gasteiger partial charge in [-0.2, -0.15) is 0 Å². The van der Waals surface area contributed by atoms with Gasteiger partial charge in [0.2, 0.25) is 0 Å². The molecule has 34 heavy (non-hydrogen) atoms. The maximum atomic E-state index is 12.8. The van der Waals surface area contributed by atoms with Gasteiger partial charge in [-0.3, -0.25) is 9.59 Å². The number of carbonyl (C=O) groups excluding carboxylic acids is 2. The van der Waals surface area contributed by atoms with Crippen LogP contribution in [0.3, 0.4) is 0 Å². The third-order valence-electron chi connectivity index (χ3n) is 4.86. The number of sulfone groups is 1. The summed E-state index contributed by atoms with van der Waals surface area (Å²) in [6.45, 7) is 2.07. The maximum absolute atomic E-state index is 12.8. The van der Waals surface area contributed by atoms with Crippen LogP contribution in [0.25, 0.3) is 0 Å². The summed E-state index contributed by atoms with van der Waals surface area (Å²) in [6.07, 6.45) is 1.57. The van der Waals surface area contributed by atoms with Gasteiger partial charge in [-0.1, -0.05) is 31.4 Å². The van der Waals surface area contributed by atoms with E-state index in [9.17, 15) is 27.9 Å². The van der Waals surface area contributed by atoms with E-state index < -0.39 is 39.5 Å². The molecule has 0 saturated heterocycles. The molecule has 1 atom stereocenters. The van der Waals surface area contributed by atoms with Crippen molar-refractivity contribution in [2.45, 2.75) is 42.8 Å². The smallest absolute Gasteiger partial charge is 0.407 e. The van der Waals surface area contributed by atoms with Crippen molar-refractivity contribution in [2.75, 3.05) is 18.5 Å². The van der Waals surface area contributed by atoms with Gasteiger partial charge in [-0.15, -0.1) is 0 Å². The second-order valence-corrected chi connectivity index (χ2v) is 9.98. The molecule has 11 heteroatoms. The Labute approximate surface area is 203 Å². The van der Waals surface area contributed by atoms with Crippen molar-refractivity contribution >= 4 is 45.1 Å². The highest BCUT2D eigenvalue weighted by molar-refractivity contribution is 7.92. The van der Waals surface area contributed by atoms with Crippen LogP contribution < -0.4 is 10.6 Å². The van der Waals surface area contributed by atoms with Gasteiger partial charge in [-0.25, -0.2) is 13.2 Å². The number of unbranched alkanes of at least 4 members (excludes halogenated alkanes) is 2. The van der Waals surface area contributed by atoms with Gasteiger partial charge in [0.1, 0.15) is 0 Å². The van der Waals surface area contributed by atoms with Crippen LogP contribution in [0.2, 0.25) is 5.02 Å². The molecule has 0 fully saturated rings. The molecular formula is C23H27ClN2O7S. The Balaban J connectivity index is 1.99. The van der Waals surface area contributed by atoms with Crippen LogP contribution in [0.1, 0.15) is 43.0 Å². The van der Waals surface area contributed by atoms with Gasteiger partial charge >= 0.3 is 12.1 Å². The molecule has 0 aliphatic heterocycles. The summed E-state index contributed by atoms with van der Waals surface area (Å²) in [4.78, 5) is 35.4. The molecule has 184 valence electrons. The van der Waals surface area contributed by atoms with Crippen molar-refractivity contribution in [3.8, 4) is 0 Å². The van der Waals surface area contributed by atoms with E-state index in [1.165, 1.54) is 24.3 Å². The topological polar surface area (TPSA) is 139 Å². The average molecular weight is 511 g/mol. The first kappa shape index (κ1) is 27.1. The number of nitrogens with one attached hydrogen (secondary N) is 2. The summed E-state index contributed by atoms with van der Waals surface area (Å²) in [5.74, 6) is -2.03. The van der Waals surface area contributed by atoms with E-state index in [1.807, 2.05) is 6.92 Å². The minimum Gasteiger partial charge on any atom is -0.480 e. The third-order valence-corrected chi connectivity index (χ3v) is 7.23. The van der Waals surface area contributed by atoms with E-state index >= 15 is 0 Å². The number of aliphatic carboxylic acids is 1. The Morgan fingerprint density at radius 1 is 1.03 bits per heavy atom. The molecule has 3 N–H and O–H groups in total. The first-order valence-corrected chi connectivity index (χ1v) is 12.6. The van der Waals surface area contributed by atoms with Crippen LogP contribution in [0.4, 0.5) is 10.5 Å². The summed E-state index contributed by atoms with van der Waals surface area (Å²) >= 11 is 5.81. The Bertz CT molecular complexity index is 1090. The van der Waals surface area contributed by atoms with E-state index in [-0.39, 0.29) is 17.1 Å². The maximum Gasteiger partial charge on any atom is 0.407 e. The molecule has 9 nitrogen and oxygen atoms in total. The molecule has 0 aliphatic carbocycles. The van der Waals surface area contributed by atoms with E-state index in [1.54, 1.807) is 24.3 Å². The van der Waals surface area contributed by atoms with Crippen molar-refractivity contribution in [3.63, 3.8) is 0 Å². The standard InChI is InChI=1S/C23H27ClN2O7S/c1-2-3-4-14-25-23(30)33-15-13-20(22(28)29)34(31,32)19-11-5-16(6-12-19)21(27)26-18-9-7-17(24)8-10-18/h5-12,20H,2-4,13-15H2,1H3,(H,25,30)(H,26,27)(H,28,29). The van der Waals surface area contributed by atoms with Crippen molar-refractivity contribution < 1.29 is 32.6 Å². The largest absolute Gasteiger partial charge is 0.480 e. The highest BCUT2D eigenvalue weighted by atomic mass is 35.5. The van der Waals surface area contributed by atoms with Gasteiger partial charge in [0.05, 0.1) is 11.5 Å². The number of ether oxygens (including phenoxy) is 1. The van der Waals surface area contributed by atoms with Gasteiger partial charge in [0.15, 0.2) is 15.1 Å². The number of rotatable bonds is 12. The molecule has 0 radical (unpaired) electrons. The summed E-state index contributed by atoms with van der Waals surface area (Å²) in [5, 5.41) is 13.3. The second kappa shape index (κ2) is 13.0. The normalized spacial score (nSPS) is 11.9. The second-order valence-electron chi connectivity index (χ2n) is 7.42. The molecule has 2 rings (SSSR count). The Kier molecular flexibility index (Phi) is 10.3. The monoisotopic (exact) mass is 510 g/mol. The van der Waals surface area contributed by atoms with E-state index in [4.69, 9.17) is 16.3 Å². The Hall–Kier alpha value is -3.11. The van der Waals surface area contributed by atoms with Crippen LogP contribution in [-0.4, -0.2) is 49.9 Å². The Morgan fingerprint density at radius 2 is 1.68 bits per heavy atom. The lowest BCUT2D eigenvalue weighted by Crippen LogP contribution is -2.33. The van der Waals surface area contributed by atoms with Crippen LogP contribution in [-0.2, 0) is 19.4 Å². The molecule has 0 aliphatic rings. The number of benzene rings is 2. The minimum atomic E-state index is -4.29. The average Bonchev–Trinajstić information content (AvgIpc) is 2.80. The van der Waals surface area contributed by atoms with E-state index in [0.717, 1.165) is 19.3 Å². The molecular weight excluding hydrogens is 484 g/mol. The molecule has 2 amide bonds. The van der Waals surface area contributed by atoms with Crippen LogP contribution in [0.15, 0.2) is 53.4 Å². The lowest BCUT2D eigenvalue weighted by atomic mass is 10.2. The van der Waals surface area contributed by atoms with Gasteiger partial charge in [-0.05, 0) is 55.0 Å². The number of carbonyl (C=O) groups is 3. The van der Waals surface area contributed by atoms with E-state index in [2.05, 4.69) is 10.6 Å². The predicted octanol–water partition coefficient (Wildman–Crippen LogP) is 4.13. The lowest BCUT2D eigenvalue weighted by molar-refractivity contribution is -0.136. The summed E-state index contributed by atoms with van der Waals surface area (Å²) in [7, 11) is -4.29. The molecule has 0 bridgehead atoms. The number of hydrogen-bond acceptors (Lipinski definition) is 6. The highest BCUT2D eigenvalue weighted by Crippen LogP contribution is 2.21. The quantitative estimate of drug-likeness (QED) is 0.365. The molecule has 0 spiro atoms. The molecule has 0 aromatic heterocycles. The first-order valence-electron chi connectivity index (χ1n) is 10.7. The summed E-state index contributed by atoms with van der Waals surface area (Å²) < 4.78 is 30.6. The molecule has 1 unspecified atom stereocenters. The number of hydrogen-bond donors (Lipinski definition) is 3. The summed E-state index contributed by atoms with van der Waals surface area (Å²) in [5.41, 5.74) is 0.690. The zero-order valence-corrected chi connectivity index (χ0v) is 20.2. The third kappa shape index (κ3) is 8.03. The fourth-order valence-electron chi connectivity index (χ4n) is 2.98. The van der Waals surface area contributed by atoms with Gasteiger partial charge < -0.3 is 20.5 Å². The van der Waals surface area contributed by atoms with Crippen LogP contribution in [0.5, 0.6) is 0 Å². The number of carboxylic acid groups (broad SMARTS) is 1. The Morgan fingerprint density at radius 3 is 2.26 bits per heavy atom. The zero-order chi connectivity index (χ0) is 25.1. The SMILES string of the molecule is CCCCCNC(=O)OCCC(C(=O)O)S(=O)(=O)c1ccc(C(=O)Nc2ccc(Cl)cc2)cc1. The molecule has 0 saturated carbocycles. The van der Waals surface area contributed by atoms with Crippen molar-refractivity contribution in [2.24, 2.45) is 0 Å². The predicted molar refractivity (Wildman–Crippen MR) is 128 cm³/mol. The minimum absolute atomic E-state index is 0.184. The number of anilines is 1. The first-order chi connectivity index (χ1) is 16.1. The number of carboxylic acids is 1. The zero-order valence-electron chi connectivity index (χ0n) is 18.6. The number of alkyl carbamates (subject to hydrolysis) is 1. The van der Waals surface area contributed by atoms with Crippen LogP contribution in [0, 0.1) is 0 Å². The molecule has 2 aromatic rings. The number of halogens is 1. The highest BCUT2D eigenvalue weighted by Gasteiger charge is 2.34. The van der Waals surface area contributed by atoms with Crippen molar-refractivity contribution in [1.29, 1.82) is 0 Å². The summed E-state index contributed by atoms with van der Waals surface area (Å²) in [6, 6.07) is 11.4. The number of amides is 2. The van der Waals surface area contributed by atoms with Crippen molar-refractivity contribution in [3.05, 3.63) is 59.1 Å².